The summed E-state index contributed by atoms with van der Waals surface area (Å²) in [7, 11) is 1.80. The average Bonchev–Trinajstić information content (AvgIpc) is 2.50. The molecule has 0 spiro atoms. The predicted octanol–water partition coefficient (Wildman–Crippen LogP) is 3.07. The SMILES string of the molecule is COC1(CNCc2ccc(C(=O)O)cc2)CCC(C)CC1. The Morgan fingerprint density at radius 3 is 2.48 bits per heavy atom. The first-order chi connectivity index (χ1) is 10.0. The molecule has 2 rings (SSSR count). The van der Waals surface area contributed by atoms with Crippen molar-refractivity contribution in [3.63, 3.8) is 0 Å². The first kappa shape index (κ1) is 16.0. The van der Waals surface area contributed by atoms with E-state index in [0.717, 1.165) is 37.4 Å². The van der Waals surface area contributed by atoms with Gasteiger partial charge in [0.1, 0.15) is 0 Å². The van der Waals surface area contributed by atoms with Crippen LogP contribution in [0.1, 0.15) is 48.5 Å². The number of rotatable bonds is 6. The highest BCUT2D eigenvalue weighted by atomic mass is 16.5. The molecule has 0 aliphatic heterocycles. The number of carboxylic acids is 1. The first-order valence-electron chi connectivity index (χ1n) is 7.63. The maximum absolute atomic E-state index is 10.8. The Kier molecular flexibility index (Phi) is 5.37. The Hall–Kier alpha value is -1.39. The molecule has 0 atom stereocenters. The lowest BCUT2D eigenvalue weighted by molar-refractivity contribution is -0.0460. The van der Waals surface area contributed by atoms with Gasteiger partial charge in [-0.15, -0.1) is 0 Å². The van der Waals surface area contributed by atoms with Crippen molar-refractivity contribution >= 4 is 5.97 Å². The summed E-state index contributed by atoms with van der Waals surface area (Å²) in [5.74, 6) is -0.0824. The number of hydrogen-bond acceptors (Lipinski definition) is 3. The highest BCUT2D eigenvalue weighted by Crippen LogP contribution is 2.33. The first-order valence-corrected chi connectivity index (χ1v) is 7.63. The Morgan fingerprint density at radius 2 is 1.95 bits per heavy atom. The van der Waals surface area contributed by atoms with Gasteiger partial charge in [-0.25, -0.2) is 4.79 Å². The minimum atomic E-state index is -0.885. The van der Waals surface area contributed by atoms with E-state index in [2.05, 4.69) is 12.2 Å². The van der Waals surface area contributed by atoms with E-state index in [0.29, 0.717) is 5.56 Å². The summed E-state index contributed by atoms with van der Waals surface area (Å²) in [6, 6.07) is 7.01. The van der Waals surface area contributed by atoms with Gasteiger partial charge >= 0.3 is 5.97 Å². The largest absolute Gasteiger partial charge is 0.478 e. The van der Waals surface area contributed by atoms with Crippen LogP contribution in [0.3, 0.4) is 0 Å². The number of carbonyl (C=O) groups is 1. The molecule has 116 valence electrons. The van der Waals surface area contributed by atoms with Crippen LogP contribution in [0.5, 0.6) is 0 Å². The Labute approximate surface area is 126 Å². The van der Waals surface area contributed by atoms with E-state index in [4.69, 9.17) is 9.84 Å². The maximum atomic E-state index is 10.8. The zero-order chi connectivity index (χ0) is 15.3. The molecule has 4 nitrogen and oxygen atoms in total. The minimum Gasteiger partial charge on any atom is -0.478 e. The van der Waals surface area contributed by atoms with Crippen LogP contribution in [-0.4, -0.2) is 30.3 Å². The second-order valence-electron chi connectivity index (χ2n) is 6.18. The molecular formula is C17H25NO3. The molecule has 1 aliphatic carbocycles. The van der Waals surface area contributed by atoms with Crippen LogP contribution < -0.4 is 5.32 Å². The molecule has 0 radical (unpaired) electrons. The summed E-state index contributed by atoms with van der Waals surface area (Å²) in [5, 5.41) is 12.3. The molecule has 1 fully saturated rings. The van der Waals surface area contributed by atoms with Crippen molar-refractivity contribution in [3.05, 3.63) is 35.4 Å². The van der Waals surface area contributed by atoms with E-state index in [1.165, 1.54) is 12.8 Å². The smallest absolute Gasteiger partial charge is 0.335 e. The fourth-order valence-electron chi connectivity index (χ4n) is 2.94. The van der Waals surface area contributed by atoms with Crippen molar-refractivity contribution < 1.29 is 14.6 Å². The van der Waals surface area contributed by atoms with Crippen LogP contribution in [-0.2, 0) is 11.3 Å². The molecule has 0 saturated heterocycles. The normalized spacial score (nSPS) is 25.7. The van der Waals surface area contributed by atoms with Gasteiger partial charge in [-0.3, -0.25) is 0 Å². The summed E-state index contributed by atoms with van der Waals surface area (Å²) in [6.45, 7) is 3.88. The molecule has 0 unspecified atom stereocenters. The molecule has 0 amide bonds. The van der Waals surface area contributed by atoms with Crippen molar-refractivity contribution in [2.45, 2.75) is 44.8 Å². The summed E-state index contributed by atoms with van der Waals surface area (Å²) in [6.07, 6.45) is 4.66. The Balaban J connectivity index is 1.84. The van der Waals surface area contributed by atoms with E-state index < -0.39 is 5.97 Å². The Morgan fingerprint density at radius 1 is 1.33 bits per heavy atom. The monoisotopic (exact) mass is 291 g/mol. The summed E-state index contributed by atoms with van der Waals surface area (Å²) in [4.78, 5) is 10.8. The van der Waals surface area contributed by atoms with Gasteiger partial charge in [0.15, 0.2) is 0 Å². The average molecular weight is 291 g/mol. The second-order valence-corrected chi connectivity index (χ2v) is 6.18. The number of methoxy groups -OCH3 is 1. The van der Waals surface area contributed by atoms with Crippen molar-refractivity contribution in [2.75, 3.05) is 13.7 Å². The lowest BCUT2D eigenvalue weighted by atomic mass is 9.79. The van der Waals surface area contributed by atoms with Gasteiger partial charge in [0, 0.05) is 20.2 Å². The fraction of sp³-hybridized carbons (Fsp3) is 0.588. The lowest BCUT2D eigenvalue weighted by Crippen LogP contribution is -2.44. The maximum Gasteiger partial charge on any atom is 0.335 e. The summed E-state index contributed by atoms with van der Waals surface area (Å²) in [5.41, 5.74) is 1.39. The van der Waals surface area contributed by atoms with Crippen LogP contribution in [0.2, 0.25) is 0 Å². The number of carboxylic acid groups (broad SMARTS) is 1. The van der Waals surface area contributed by atoms with E-state index >= 15 is 0 Å². The molecule has 0 heterocycles. The molecule has 4 heteroatoms. The topological polar surface area (TPSA) is 58.6 Å². The summed E-state index contributed by atoms with van der Waals surface area (Å²) >= 11 is 0. The van der Waals surface area contributed by atoms with Crippen LogP contribution in [0.15, 0.2) is 24.3 Å². The number of aromatic carboxylic acids is 1. The zero-order valence-corrected chi connectivity index (χ0v) is 12.9. The molecule has 0 aromatic heterocycles. The lowest BCUT2D eigenvalue weighted by Gasteiger charge is -2.38. The van der Waals surface area contributed by atoms with Gasteiger partial charge in [-0.1, -0.05) is 19.1 Å². The number of ether oxygens (including phenoxy) is 1. The molecule has 2 N–H and O–H groups in total. The number of hydrogen-bond donors (Lipinski definition) is 2. The van der Waals surface area contributed by atoms with Crippen LogP contribution >= 0.6 is 0 Å². The number of nitrogens with one attached hydrogen (secondary N) is 1. The van der Waals surface area contributed by atoms with E-state index in [9.17, 15) is 4.79 Å². The van der Waals surface area contributed by atoms with Crippen LogP contribution in [0.4, 0.5) is 0 Å². The zero-order valence-electron chi connectivity index (χ0n) is 12.9. The highest BCUT2D eigenvalue weighted by Gasteiger charge is 2.33. The molecule has 1 saturated carbocycles. The quantitative estimate of drug-likeness (QED) is 0.845. The van der Waals surface area contributed by atoms with Crippen molar-refractivity contribution in [2.24, 2.45) is 5.92 Å². The van der Waals surface area contributed by atoms with Crippen LogP contribution in [0, 0.1) is 5.92 Å². The second kappa shape index (κ2) is 7.05. The van der Waals surface area contributed by atoms with Crippen molar-refractivity contribution in [3.8, 4) is 0 Å². The van der Waals surface area contributed by atoms with Gasteiger partial charge in [0.2, 0.25) is 0 Å². The third-order valence-corrected chi connectivity index (χ3v) is 4.60. The highest BCUT2D eigenvalue weighted by molar-refractivity contribution is 5.87. The van der Waals surface area contributed by atoms with Gasteiger partial charge in [-0.05, 0) is 49.3 Å². The molecular weight excluding hydrogens is 266 g/mol. The third kappa shape index (κ3) is 4.29. The fourth-order valence-corrected chi connectivity index (χ4v) is 2.94. The molecule has 0 bridgehead atoms. The van der Waals surface area contributed by atoms with Gasteiger partial charge < -0.3 is 15.2 Å². The molecule has 1 aromatic carbocycles. The van der Waals surface area contributed by atoms with E-state index in [1.54, 1.807) is 19.2 Å². The van der Waals surface area contributed by atoms with Gasteiger partial charge in [0.25, 0.3) is 0 Å². The molecule has 1 aliphatic rings. The van der Waals surface area contributed by atoms with Gasteiger partial charge in [0.05, 0.1) is 11.2 Å². The minimum absolute atomic E-state index is 0.0342. The van der Waals surface area contributed by atoms with E-state index in [-0.39, 0.29) is 5.60 Å². The number of benzene rings is 1. The Bertz CT molecular complexity index is 461. The molecule has 21 heavy (non-hydrogen) atoms. The van der Waals surface area contributed by atoms with Crippen molar-refractivity contribution in [1.29, 1.82) is 0 Å². The van der Waals surface area contributed by atoms with Crippen LogP contribution in [0.25, 0.3) is 0 Å². The third-order valence-electron chi connectivity index (χ3n) is 4.60. The predicted molar refractivity (Wildman–Crippen MR) is 82.5 cm³/mol. The van der Waals surface area contributed by atoms with Gasteiger partial charge in [-0.2, -0.15) is 0 Å². The van der Waals surface area contributed by atoms with E-state index in [1.807, 2.05) is 12.1 Å². The van der Waals surface area contributed by atoms with Crippen molar-refractivity contribution in [1.82, 2.24) is 5.32 Å². The standard InChI is InChI=1S/C17H25NO3/c1-13-7-9-17(21-2,10-8-13)12-18-11-14-3-5-15(6-4-14)16(19)20/h3-6,13,18H,7-12H2,1-2H3,(H,19,20). The summed E-state index contributed by atoms with van der Waals surface area (Å²) < 4.78 is 5.78. The molecule has 1 aromatic rings.